The number of benzene rings is 2. The topological polar surface area (TPSA) is 51.4 Å². The fourth-order valence-electron chi connectivity index (χ4n) is 2.91. The molecule has 1 saturated heterocycles. The lowest BCUT2D eigenvalue weighted by atomic mass is 10.1. The van der Waals surface area contributed by atoms with E-state index in [1.54, 1.807) is 0 Å². The lowest BCUT2D eigenvalue weighted by Gasteiger charge is -2.28. The van der Waals surface area contributed by atoms with E-state index >= 15 is 0 Å². The zero-order valence-corrected chi connectivity index (χ0v) is 13.6. The van der Waals surface area contributed by atoms with E-state index < -0.39 is 0 Å². The van der Waals surface area contributed by atoms with Crippen LogP contribution in [0, 0.1) is 6.92 Å². The van der Waals surface area contributed by atoms with Crippen molar-refractivity contribution >= 4 is 5.69 Å². The molecule has 122 valence electrons. The Morgan fingerprint density at radius 1 is 0.958 bits per heavy atom. The second-order valence-electron chi connectivity index (χ2n) is 5.88. The summed E-state index contributed by atoms with van der Waals surface area (Å²) in [6, 6.07) is 16.3. The van der Waals surface area contributed by atoms with Crippen LogP contribution in [0.25, 0.3) is 22.8 Å². The van der Waals surface area contributed by atoms with Crippen LogP contribution in [0.15, 0.2) is 53.1 Å². The van der Waals surface area contributed by atoms with Crippen LogP contribution in [0.2, 0.25) is 0 Å². The Labute approximate surface area is 140 Å². The second-order valence-corrected chi connectivity index (χ2v) is 5.88. The molecule has 2 aromatic carbocycles. The molecule has 1 aromatic heterocycles. The number of ether oxygens (including phenoxy) is 1. The standard InChI is InChI=1S/C19H19N3O2/c1-14-4-2-3-5-17(14)19-20-18(21-24-19)15-6-8-16(9-7-15)22-10-12-23-13-11-22/h2-9H,10-13H2,1H3. The number of nitrogens with zero attached hydrogens (tertiary/aromatic N) is 3. The van der Waals surface area contributed by atoms with Gasteiger partial charge in [0.05, 0.1) is 13.2 Å². The largest absolute Gasteiger partial charge is 0.378 e. The van der Waals surface area contributed by atoms with E-state index in [1.807, 2.05) is 43.3 Å². The average Bonchev–Trinajstić information content (AvgIpc) is 3.13. The third kappa shape index (κ3) is 2.90. The Hall–Kier alpha value is -2.66. The second kappa shape index (κ2) is 6.45. The molecule has 0 atom stereocenters. The molecule has 0 radical (unpaired) electrons. The highest BCUT2D eigenvalue weighted by molar-refractivity contribution is 5.64. The molecule has 0 unspecified atom stereocenters. The van der Waals surface area contributed by atoms with Crippen molar-refractivity contribution in [2.45, 2.75) is 6.92 Å². The van der Waals surface area contributed by atoms with Gasteiger partial charge in [-0.05, 0) is 42.8 Å². The molecule has 4 rings (SSSR count). The Morgan fingerprint density at radius 3 is 2.46 bits per heavy atom. The van der Waals surface area contributed by atoms with Crippen molar-refractivity contribution in [1.82, 2.24) is 10.1 Å². The summed E-state index contributed by atoms with van der Waals surface area (Å²) in [6.45, 7) is 5.47. The van der Waals surface area contributed by atoms with E-state index in [1.165, 1.54) is 5.69 Å². The molecule has 0 amide bonds. The molecule has 0 spiro atoms. The quantitative estimate of drug-likeness (QED) is 0.738. The first kappa shape index (κ1) is 14.9. The van der Waals surface area contributed by atoms with Crippen molar-refractivity contribution in [2.24, 2.45) is 0 Å². The van der Waals surface area contributed by atoms with Gasteiger partial charge in [-0.15, -0.1) is 0 Å². The normalized spacial score (nSPS) is 14.8. The summed E-state index contributed by atoms with van der Waals surface area (Å²) in [7, 11) is 0. The zero-order valence-electron chi connectivity index (χ0n) is 13.6. The van der Waals surface area contributed by atoms with Gasteiger partial charge in [-0.1, -0.05) is 23.4 Å². The Bertz CT molecular complexity index is 821. The highest BCUT2D eigenvalue weighted by atomic mass is 16.5. The summed E-state index contributed by atoms with van der Waals surface area (Å²) in [5, 5.41) is 4.13. The van der Waals surface area contributed by atoms with Crippen LogP contribution in [0.3, 0.4) is 0 Å². The SMILES string of the molecule is Cc1ccccc1-c1nc(-c2ccc(N3CCOCC3)cc2)no1. The molecule has 1 aliphatic rings. The minimum atomic E-state index is 0.556. The van der Waals surface area contributed by atoms with Crippen LogP contribution in [0.4, 0.5) is 5.69 Å². The molecule has 0 aliphatic carbocycles. The number of anilines is 1. The Balaban J connectivity index is 1.57. The highest BCUT2D eigenvalue weighted by Gasteiger charge is 2.14. The van der Waals surface area contributed by atoms with E-state index in [4.69, 9.17) is 9.26 Å². The van der Waals surface area contributed by atoms with Gasteiger partial charge in [-0.3, -0.25) is 0 Å². The lowest BCUT2D eigenvalue weighted by molar-refractivity contribution is 0.122. The number of aromatic nitrogens is 2. The maximum absolute atomic E-state index is 5.44. The van der Waals surface area contributed by atoms with Crippen molar-refractivity contribution in [2.75, 3.05) is 31.2 Å². The van der Waals surface area contributed by atoms with Gasteiger partial charge in [0, 0.05) is 29.9 Å². The minimum Gasteiger partial charge on any atom is -0.378 e. The molecule has 1 fully saturated rings. The first-order valence-electron chi connectivity index (χ1n) is 8.14. The van der Waals surface area contributed by atoms with Gasteiger partial charge in [-0.25, -0.2) is 0 Å². The van der Waals surface area contributed by atoms with Crippen LogP contribution < -0.4 is 4.90 Å². The van der Waals surface area contributed by atoms with Gasteiger partial charge in [0.2, 0.25) is 5.82 Å². The van der Waals surface area contributed by atoms with Crippen LogP contribution in [0.5, 0.6) is 0 Å². The first-order chi connectivity index (χ1) is 11.8. The molecular weight excluding hydrogens is 302 g/mol. The van der Waals surface area contributed by atoms with Gasteiger partial charge >= 0.3 is 0 Å². The van der Waals surface area contributed by atoms with Crippen molar-refractivity contribution in [3.63, 3.8) is 0 Å². The molecule has 24 heavy (non-hydrogen) atoms. The smallest absolute Gasteiger partial charge is 0.258 e. The van der Waals surface area contributed by atoms with Crippen molar-refractivity contribution in [3.8, 4) is 22.8 Å². The molecule has 2 heterocycles. The van der Waals surface area contributed by atoms with Gasteiger partial charge in [0.1, 0.15) is 0 Å². The zero-order chi connectivity index (χ0) is 16.4. The molecule has 0 bridgehead atoms. The monoisotopic (exact) mass is 321 g/mol. The van der Waals surface area contributed by atoms with Crippen LogP contribution >= 0.6 is 0 Å². The summed E-state index contributed by atoms with van der Waals surface area (Å²) >= 11 is 0. The van der Waals surface area contributed by atoms with Crippen LogP contribution in [-0.4, -0.2) is 36.4 Å². The van der Waals surface area contributed by atoms with Crippen LogP contribution in [-0.2, 0) is 4.74 Å². The summed E-state index contributed by atoms with van der Waals surface area (Å²) in [5.41, 5.74) is 4.25. The summed E-state index contributed by atoms with van der Waals surface area (Å²) in [5.74, 6) is 1.17. The first-order valence-corrected chi connectivity index (χ1v) is 8.14. The predicted octanol–water partition coefficient (Wildman–Crippen LogP) is 3.55. The third-order valence-electron chi connectivity index (χ3n) is 4.30. The minimum absolute atomic E-state index is 0.556. The molecule has 1 aliphatic heterocycles. The number of hydrogen-bond acceptors (Lipinski definition) is 5. The number of aryl methyl sites for hydroxylation is 1. The van der Waals surface area contributed by atoms with E-state index in [0.717, 1.165) is 43.0 Å². The van der Waals surface area contributed by atoms with Gasteiger partial charge in [-0.2, -0.15) is 4.98 Å². The van der Waals surface area contributed by atoms with Crippen molar-refractivity contribution in [1.29, 1.82) is 0 Å². The van der Waals surface area contributed by atoms with Crippen LogP contribution in [0.1, 0.15) is 5.56 Å². The molecule has 5 heteroatoms. The average molecular weight is 321 g/mol. The molecule has 5 nitrogen and oxygen atoms in total. The molecule has 0 saturated carbocycles. The number of morpholine rings is 1. The maximum atomic E-state index is 5.44. The number of hydrogen-bond donors (Lipinski definition) is 0. The number of rotatable bonds is 3. The fraction of sp³-hybridized carbons (Fsp3) is 0.263. The highest BCUT2D eigenvalue weighted by Crippen LogP contribution is 2.26. The van der Waals surface area contributed by atoms with Gasteiger partial charge in [0.15, 0.2) is 0 Å². The van der Waals surface area contributed by atoms with Crippen molar-refractivity contribution < 1.29 is 9.26 Å². The summed E-state index contributed by atoms with van der Waals surface area (Å²) < 4.78 is 10.8. The summed E-state index contributed by atoms with van der Waals surface area (Å²) in [6.07, 6.45) is 0. The fourth-order valence-corrected chi connectivity index (χ4v) is 2.91. The molecule has 3 aromatic rings. The maximum Gasteiger partial charge on any atom is 0.258 e. The molecular formula is C19H19N3O2. The Kier molecular flexibility index (Phi) is 4.01. The van der Waals surface area contributed by atoms with E-state index in [9.17, 15) is 0 Å². The summed E-state index contributed by atoms with van der Waals surface area (Å²) in [4.78, 5) is 6.86. The molecule has 0 N–H and O–H groups in total. The Morgan fingerprint density at radius 2 is 1.71 bits per heavy atom. The predicted molar refractivity (Wildman–Crippen MR) is 92.9 cm³/mol. The van der Waals surface area contributed by atoms with E-state index in [0.29, 0.717) is 11.7 Å². The van der Waals surface area contributed by atoms with E-state index in [-0.39, 0.29) is 0 Å². The van der Waals surface area contributed by atoms with E-state index in [2.05, 4.69) is 27.2 Å². The van der Waals surface area contributed by atoms with Gasteiger partial charge in [0.25, 0.3) is 5.89 Å². The van der Waals surface area contributed by atoms with Crippen molar-refractivity contribution in [3.05, 3.63) is 54.1 Å². The van der Waals surface area contributed by atoms with Gasteiger partial charge < -0.3 is 14.2 Å². The lowest BCUT2D eigenvalue weighted by Crippen LogP contribution is -2.36. The third-order valence-corrected chi connectivity index (χ3v) is 4.30.